The molecule has 24 heavy (non-hydrogen) atoms. The van der Waals surface area contributed by atoms with Gasteiger partial charge in [0, 0.05) is 17.3 Å². The van der Waals surface area contributed by atoms with Gasteiger partial charge in [-0.05, 0) is 37.6 Å². The monoisotopic (exact) mass is 348 g/mol. The van der Waals surface area contributed by atoms with Crippen LogP contribution in [0, 0.1) is 5.82 Å². The number of likely N-dealkylation sites (tertiary alicyclic amines) is 1. The van der Waals surface area contributed by atoms with Crippen molar-refractivity contribution in [3.63, 3.8) is 0 Å². The standard InChI is InChI=1S/C16H17FN4O2S/c17-11-3-1-4-12(9-11)19-14(22)10-21-7-2-5-13(21)15(23)20-16-18-6-8-24-16/h1,3-4,6,8-9,13H,2,5,7,10H2,(H,19,22)(H,18,20,23)/t13-/m0/s1. The molecule has 0 saturated carbocycles. The highest BCUT2D eigenvalue weighted by molar-refractivity contribution is 7.13. The molecular formula is C16H17FN4O2S. The number of nitrogens with one attached hydrogen (secondary N) is 2. The van der Waals surface area contributed by atoms with E-state index in [-0.39, 0.29) is 24.4 Å². The SMILES string of the molecule is O=C(CN1CCC[C@H]1C(=O)Nc1nccs1)Nc1cccc(F)c1. The summed E-state index contributed by atoms with van der Waals surface area (Å²) in [5.74, 6) is -0.828. The average Bonchev–Trinajstić information content (AvgIpc) is 3.18. The van der Waals surface area contributed by atoms with Gasteiger partial charge in [0.1, 0.15) is 5.82 Å². The van der Waals surface area contributed by atoms with E-state index in [0.717, 1.165) is 6.42 Å². The lowest BCUT2D eigenvalue weighted by Crippen LogP contribution is -2.43. The summed E-state index contributed by atoms with van der Waals surface area (Å²) in [6, 6.07) is 5.37. The molecule has 1 aromatic carbocycles. The van der Waals surface area contributed by atoms with Crippen LogP contribution in [0.5, 0.6) is 0 Å². The largest absolute Gasteiger partial charge is 0.325 e. The number of hydrogen-bond acceptors (Lipinski definition) is 5. The molecule has 8 heteroatoms. The van der Waals surface area contributed by atoms with Crippen LogP contribution in [0.15, 0.2) is 35.8 Å². The highest BCUT2D eigenvalue weighted by Crippen LogP contribution is 2.20. The van der Waals surface area contributed by atoms with Gasteiger partial charge in [-0.15, -0.1) is 11.3 Å². The molecule has 0 bridgehead atoms. The third-order valence-corrected chi connectivity index (χ3v) is 4.47. The molecule has 0 aliphatic carbocycles. The van der Waals surface area contributed by atoms with E-state index < -0.39 is 5.82 Å². The van der Waals surface area contributed by atoms with Gasteiger partial charge in [0.25, 0.3) is 0 Å². The molecule has 1 aliphatic heterocycles. The molecule has 2 amide bonds. The zero-order valence-corrected chi connectivity index (χ0v) is 13.7. The first kappa shape index (κ1) is 16.5. The van der Waals surface area contributed by atoms with E-state index in [1.165, 1.54) is 29.5 Å². The Morgan fingerprint density at radius 3 is 3.00 bits per heavy atom. The second-order valence-electron chi connectivity index (χ2n) is 5.51. The van der Waals surface area contributed by atoms with Crippen molar-refractivity contribution in [3.05, 3.63) is 41.7 Å². The van der Waals surface area contributed by atoms with E-state index >= 15 is 0 Å². The molecule has 3 rings (SSSR count). The van der Waals surface area contributed by atoms with Crippen molar-refractivity contribution < 1.29 is 14.0 Å². The lowest BCUT2D eigenvalue weighted by Gasteiger charge is -2.22. The number of halogens is 1. The Kier molecular flexibility index (Phi) is 5.17. The number of nitrogens with zero attached hydrogens (tertiary/aromatic N) is 2. The van der Waals surface area contributed by atoms with Gasteiger partial charge in [-0.3, -0.25) is 14.5 Å². The number of amides is 2. The number of hydrogen-bond donors (Lipinski definition) is 2. The fourth-order valence-corrected chi connectivity index (χ4v) is 3.27. The van der Waals surface area contributed by atoms with Gasteiger partial charge in [0.15, 0.2) is 5.13 Å². The minimum Gasteiger partial charge on any atom is -0.325 e. The van der Waals surface area contributed by atoms with Crippen LogP contribution in [-0.4, -0.2) is 40.8 Å². The molecule has 6 nitrogen and oxygen atoms in total. The summed E-state index contributed by atoms with van der Waals surface area (Å²) < 4.78 is 13.2. The Balaban J connectivity index is 1.57. The number of thiazole rings is 1. The second kappa shape index (κ2) is 7.50. The zero-order chi connectivity index (χ0) is 16.9. The predicted molar refractivity (Wildman–Crippen MR) is 90.4 cm³/mol. The quantitative estimate of drug-likeness (QED) is 0.870. The third-order valence-electron chi connectivity index (χ3n) is 3.78. The molecule has 2 heterocycles. The van der Waals surface area contributed by atoms with Crippen LogP contribution in [0.3, 0.4) is 0 Å². The fraction of sp³-hybridized carbons (Fsp3) is 0.312. The molecule has 1 atom stereocenters. The number of carbonyl (C=O) groups is 2. The van der Waals surface area contributed by atoms with Crippen molar-refractivity contribution in [1.29, 1.82) is 0 Å². The van der Waals surface area contributed by atoms with Crippen LogP contribution in [-0.2, 0) is 9.59 Å². The van der Waals surface area contributed by atoms with Crippen molar-refractivity contribution in [2.75, 3.05) is 23.7 Å². The number of benzene rings is 1. The van der Waals surface area contributed by atoms with E-state index in [9.17, 15) is 14.0 Å². The van der Waals surface area contributed by atoms with Crippen molar-refractivity contribution in [2.45, 2.75) is 18.9 Å². The molecule has 2 N–H and O–H groups in total. The smallest absolute Gasteiger partial charge is 0.243 e. The summed E-state index contributed by atoms with van der Waals surface area (Å²) in [5.41, 5.74) is 0.406. The summed E-state index contributed by atoms with van der Waals surface area (Å²) in [6.45, 7) is 0.763. The van der Waals surface area contributed by atoms with Crippen molar-refractivity contribution in [2.24, 2.45) is 0 Å². The summed E-state index contributed by atoms with van der Waals surface area (Å²) in [4.78, 5) is 30.3. The predicted octanol–water partition coefficient (Wildman–Crippen LogP) is 2.32. The van der Waals surface area contributed by atoms with Gasteiger partial charge in [-0.2, -0.15) is 0 Å². The van der Waals surface area contributed by atoms with Crippen molar-refractivity contribution in [3.8, 4) is 0 Å². The molecule has 0 spiro atoms. The maximum Gasteiger partial charge on any atom is 0.243 e. The Hall–Kier alpha value is -2.32. The molecule has 126 valence electrons. The molecule has 1 saturated heterocycles. The summed E-state index contributed by atoms with van der Waals surface area (Å²) >= 11 is 1.35. The van der Waals surface area contributed by atoms with Crippen LogP contribution < -0.4 is 10.6 Å². The topological polar surface area (TPSA) is 74.3 Å². The lowest BCUT2D eigenvalue weighted by atomic mass is 10.2. The number of anilines is 2. The molecule has 0 unspecified atom stereocenters. The lowest BCUT2D eigenvalue weighted by molar-refractivity contribution is -0.122. The maximum atomic E-state index is 13.2. The zero-order valence-electron chi connectivity index (χ0n) is 12.9. The van der Waals surface area contributed by atoms with E-state index in [4.69, 9.17) is 0 Å². The van der Waals surface area contributed by atoms with Crippen LogP contribution in [0.4, 0.5) is 15.2 Å². The second-order valence-corrected chi connectivity index (χ2v) is 6.41. The first-order valence-electron chi connectivity index (χ1n) is 7.61. The van der Waals surface area contributed by atoms with E-state index in [1.807, 2.05) is 4.90 Å². The van der Waals surface area contributed by atoms with E-state index in [0.29, 0.717) is 23.8 Å². The molecule has 1 fully saturated rings. The molecule has 2 aromatic rings. The Morgan fingerprint density at radius 1 is 1.38 bits per heavy atom. The molecular weight excluding hydrogens is 331 g/mol. The van der Waals surface area contributed by atoms with Gasteiger partial charge in [0.2, 0.25) is 11.8 Å². The minimum absolute atomic E-state index is 0.0898. The van der Waals surface area contributed by atoms with Crippen LogP contribution in [0.2, 0.25) is 0 Å². The molecule has 0 radical (unpaired) electrons. The van der Waals surface area contributed by atoms with Gasteiger partial charge < -0.3 is 10.6 Å². The first-order valence-corrected chi connectivity index (χ1v) is 8.49. The molecule has 1 aromatic heterocycles. The maximum absolute atomic E-state index is 13.2. The van der Waals surface area contributed by atoms with Crippen molar-refractivity contribution in [1.82, 2.24) is 9.88 Å². The fourth-order valence-electron chi connectivity index (χ4n) is 2.74. The highest BCUT2D eigenvalue weighted by Gasteiger charge is 2.32. The van der Waals surface area contributed by atoms with Gasteiger partial charge in [0.05, 0.1) is 12.6 Å². The number of rotatable bonds is 5. The van der Waals surface area contributed by atoms with Gasteiger partial charge in [-0.25, -0.2) is 9.37 Å². The Bertz CT molecular complexity index is 723. The normalized spacial score (nSPS) is 17.6. The first-order chi connectivity index (χ1) is 11.6. The van der Waals surface area contributed by atoms with Crippen molar-refractivity contribution >= 4 is 34.0 Å². The Labute approximate surface area is 142 Å². The van der Waals surface area contributed by atoms with Crippen LogP contribution in [0.25, 0.3) is 0 Å². The van der Waals surface area contributed by atoms with Crippen LogP contribution in [0.1, 0.15) is 12.8 Å². The highest BCUT2D eigenvalue weighted by atomic mass is 32.1. The number of carbonyl (C=O) groups excluding carboxylic acids is 2. The summed E-state index contributed by atoms with van der Waals surface area (Å²) in [7, 11) is 0. The minimum atomic E-state index is -0.408. The van der Waals surface area contributed by atoms with E-state index in [2.05, 4.69) is 15.6 Å². The van der Waals surface area contributed by atoms with Gasteiger partial charge in [-0.1, -0.05) is 6.07 Å². The average molecular weight is 348 g/mol. The Morgan fingerprint density at radius 2 is 2.25 bits per heavy atom. The summed E-state index contributed by atoms with van der Waals surface area (Å²) in [6.07, 6.45) is 3.17. The van der Waals surface area contributed by atoms with E-state index in [1.54, 1.807) is 17.6 Å². The third kappa shape index (κ3) is 4.15. The van der Waals surface area contributed by atoms with Crippen LogP contribution >= 0.6 is 11.3 Å². The molecule has 1 aliphatic rings. The van der Waals surface area contributed by atoms with Gasteiger partial charge >= 0.3 is 0 Å². The number of aromatic nitrogens is 1. The summed E-state index contributed by atoms with van der Waals surface area (Å²) in [5, 5.41) is 7.76.